The Morgan fingerprint density at radius 3 is 2.50 bits per heavy atom. The van der Waals surface area contributed by atoms with Gasteiger partial charge in [-0.1, -0.05) is 11.6 Å². The standard InChI is InChI=1S/C5H4ClN3O/c6-4-3(5(7)10)8-1-2-9-4/h1-2H,(H2,7,10). The molecule has 0 aliphatic rings. The number of rotatable bonds is 1. The first kappa shape index (κ1) is 6.95. The van der Waals surface area contributed by atoms with Gasteiger partial charge in [0.25, 0.3) is 5.91 Å². The molecule has 10 heavy (non-hydrogen) atoms. The van der Waals surface area contributed by atoms with E-state index in [0.29, 0.717) is 0 Å². The van der Waals surface area contributed by atoms with Crippen molar-refractivity contribution in [1.29, 1.82) is 0 Å². The molecule has 1 aromatic heterocycles. The number of halogens is 1. The molecule has 0 fully saturated rings. The van der Waals surface area contributed by atoms with Gasteiger partial charge in [0.05, 0.1) is 0 Å². The molecule has 1 heterocycles. The maximum atomic E-state index is 10.5. The summed E-state index contributed by atoms with van der Waals surface area (Å²) in [7, 11) is 0. The Morgan fingerprint density at radius 1 is 1.50 bits per heavy atom. The minimum atomic E-state index is -0.668. The number of aromatic nitrogens is 2. The summed E-state index contributed by atoms with van der Waals surface area (Å²) in [5.74, 6) is -0.668. The third kappa shape index (κ3) is 1.22. The van der Waals surface area contributed by atoms with E-state index in [0.717, 1.165) is 0 Å². The number of nitrogens with two attached hydrogens (primary N) is 1. The Labute approximate surface area is 62.0 Å². The normalized spacial score (nSPS) is 9.30. The minimum Gasteiger partial charge on any atom is -0.364 e. The zero-order chi connectivity index (χ0) is 7.56. The van der Waals surface area contributed by atoms with Crippen LogP contribution in [0.5, 0.6) is 0 Å². The fourth-order valence-electron chi connectivity index (χ4n) is 0.486. The van der Waals surface area contributed by atoms with Crippen LogP contribution in [0.4, 0.5) is 0 Å². The van der Waals surface area contributed by atoms with Crippen molar-refractivity contribution in [3.8, 4) is 0 Å². The topological polar surface area (TPSA) is 68.9 Å². The first-order valence-electron chi connectivity index (χ1n) is 2.48. The maximum absolute atomic E-state index is 10.5. The first-order valence-corrected chi connectivity index (χ1v) is 2.86. The molecule has 0 spiro atoms. The van der Waals surface area contributed by atoms with Crippen LogP contribution in [-0.2, 0) is 0 Å². The fraction of sp³-hybridized carbons (Fsp3) is 0. The lowest BCUT2D eigenvalue weighted by Crippen LogP contribution is -2.13. The van der Waals surface area contributed by atoms with E-state index in [2.05, 4.69) is 9.97 Å². The van der Waals surface area contributed by atoms with Crippen LogP contribution in [0.25, 0.3) is 0 Å². The minimum absolute atomic E-state index is 0.00386. The Hall–Kier alpha value is -1.16. The molecule has 0 aliphatic heterocycles. The number of carbonyl (C=O) groups excluding carboxylic acids is 1. The van der Waals surface area contributed by atoms with Gasteiger partial charge < -0.3 is 5.73 Å². The van der Waals surface area contributed by atoms with Crippen LogP contribution >= 0.6 is 11.6 Å². The summed E-state index contributed by atoms with van der Waals surface area (Å²) < 4.78 is 0. The largest absolute Gasteiger partial charge is 0.364 e. The summed E-state index contributed by atoms with van der Waals surface area (Å²) in [6.45, 7) is 0. The van der Waals surface area contributed by atoms with Gasteiger partial charge in [0.15, 0.2) is 10.8 Å². The molecule has 0 aliphatic carbocycles. The van der Waals surface area contributed by atoms with Gasteiger partial charge in [0.1, 0.15) is 0 Å². The molecule has 0 saturated heterocycles. The van der Waals surface area contributed by atoms with Gasteiger partial charge in [0.2, 0.25) is 0 Å². The van der Waals surface area contributed by atoms with Gasteiger partial charge in [-0.2, -0.15) is 0 Å². The SMILES string of the molecule is NC(=O)c1nccnc1Cl. The zero-order valence-corrected chi connectivity index (χ0v) is 5.67. The molecule has 0 aromatic carbocycles. The van der Waals surface area contributed by atoms with E-state index < -0.39 is 5.91 Å². The highest BCUT2D eigenvalue weighted by molar-refractivity contribution is 6.32. The summed E-state index contributed by atoms with van der Waals surface area (Å²) in [6.07, 6.45) is 2.74. The van der Waals surface area contributed by atoms with Crippen LogP contribution in [0.2, 0.25) is 5.15 Å². The second kappa shape index (κ2) is 2.62. The van der Waals surface area contributed by atoms with Crippen LogP contribution in [0.15, 0.2) is 12.4 Å². The van der Waals surface area contributed by atoms with E-state index in [4.69, 9.17) is 17.3 Å². The number of hydrogen-bond acceptors (Lipinski definition) is 3. The van der Waals surface area contributed by atoms with E-state index in [1.807, 2.05) is 0 Å². The van der Waals surface area contributed by atoms with Crippen molar-refractivity contribution in [3.63, 3.8) is 0 Å². The summed E-state index contributed by atoms with van der Waals surface area (Å²) in [5.41, 5.74) is 4.89. The lowest BCUT2D eigenvalue weighted by Gasteiger charge is -1.93. The maximum Gasteiger partial charge on any atom is 0.270 e. The molecule has 0 atom stereocenters. The Balaban J connectivity index is 3.15. The summed E-state index contributed by atoms with van der Waals surface area (Å²) in [5, 5.41) is 0.0370. The Kier molecular flexibility index (Phi) is 1.82. The molecular formula is C5H4ClN3O. The predicted molar refractivity (Wildman–Crippen MR) is 35.6 cm³/mol. The third-order valence-electron chi connectivity index (χ3n) is 0.887. The van der Waals surface area contributed by atoms with Gasteiger partial charge >= 0.3 is 0 Å². The number of hydrogen-bond donors (Lipinski definition) is 1. The predicted octanol–water partition coefficient (Wildman–Crippen LogP) is 0.229. The van der Waals surface area contributed by atoms with E-state index in [-0.39, 0.29) is 10.8 Å². The van der Waals surface area contributed by atoms with Crippen molar-refractivity contribution in [2.75, 3.05) is 0 Å². The highest BCUT2D eigenvalue weighted by Crippen LogP contribution is 2.06. The van der Waals surface area contributed by atoms with E-state index in [1.165, 1.54) is 12.4 Å². The highest BCUT2D eigenvalue weighted by atomic mass is 35.5. The molecule has 0 radical (unpaired) electrons. The quantitative estimate of drug-likeness (QED) is 0.635. The monoisotopic (exact) mass is 157 g/mol. The average molecular weight is 158 g/mol. The first-order chi connectivity index (χ1) is 4.72. The summed E-state index contributed by atoms with van der Waals surface area (Å²) >= 11 is 5.44. The lowest BCUT2D eigenvalue weighted by atomic mass is 10.4. The van der Waals surface area contributed by atoms with Crippen LogP contribution in [0.1, 0.15) is 10.5 Å². The van der Waals surface area contributed by atoms with Crippen molar-refractivity contribution in [2.45, 2.75) is 0 Å². The van der Waals surface area contributed by atoms with Crippen LogP contribution in [-0.4, -0.2) is 15.9 Å². The van der Waals surface area contributed by atoms with E-state index >= 15 is 0 Å². The van der Waals surface area contributed by atoms with Gasteiger partial charge in [-0.15, -0.1) is 0 Å². The molecule has 0 bridgehead atoms. The number of amides is 1. The van der Waals surface area contributed by atoms with Gasteiger partial charge in [-0.25, -0.2) is 9.97 Å². The smallest absolute Gasteiger partial charge is 0.270 e. The fourth-order valence-corrected chi connectivity index (χ4v) is 0.685. The van der Waals surface area contributed by atoms with Crippen molar-refractivity contribution < 1.29 is 4.79 Å². The average Bonchev–Trinajstić information content (AvgIpc) is 1.88. The molecule has 1 aromatic rings. The second-order valence-corrected chi connectivity index (χ2v) is 1.92. The van der Waals surface area contributed by atoms with Crippen molar-refractivity contribution in [2.24, 2.45) is 5.73 Å². The third-order valence-corrected chi connectivity index (χ3v) is 1.16. The van der Waals surface area contributed by atoms with Crippen LogP contribution in [0, 0.1) is 0 Å². The van der Waals surface area contributed by atoms with Crippen molar-refractivity contribution in [1.82, 2.24) is 9.97 Å². The van der Waals surface area contributed by atoms with E-state index in [9.17, 15) is 4.79 Å². The summed E-state index contributed by atoms with van der Waals surface area (Å²) in [4.78, 5) is 17.7. The van der Waals surface area contributed by atoms with E-state index in [1.54, 1.807) is 0 Å². The molecule has 0 unspecified atom stereocenters. The molecule has 5 heteroatoms. The Bertz CT molecular complexity index is 263. The number of carbonyl (C=O) groups is 1. The second-order valence-electron chi connectivity index (χ2n) is 1.56. The highest BCUT2D eigenvalue weighted by Gasteiger charge is 2.06. The van der Waals surface area contributed by atoms with Crippen LogP contribution in [0.3, 0.4) is 0 Å². The molecule has 1 rings (SSSR count). The van der Waals surface area contributed by atoms with Gasteiger partial charge in [0, 0.05) is 12.4 Å². The Morgan fingerprint density at radius 2 is 2.10 bits per heavy atom. The lowest BCUT2D eigenvalue weighted by molar-refractivity contribution is 0.0995. The van der Waals surface area contributed by atoms with Crippen LogP contribution < -0.4 is 5.73 Å². The zero-order valence-electron chi connectivity index (χ0n) is 4.91. The molecule has 1 amide bonds. The summed E-state index contributed by atoms with van der Waals surface area (Å²) in [6, 6.07) is 0. The van der Waals surface area contributed by atoms with Gasteiger partial charge in [-0.05, 0) is 0 Å². The van der Waals surface area contributed by atoms with Crippen molar-refractivity contribution >= 4 is 17.5 Å². The molecule has 4 nitrogen and oxygen atoms in total. The van der Waals surface area contributed by atoms with Crippen molar-refractivity contribution in [3.05, 3.63) is 23.2 Å². The number of primary amides is 1. The molecule has 52 valence electrons. The molecule has 2 N–H and O–H groups in total. The van der Waals surface area contributed by atoms with Gasteiger partial charge in [-0.3, -0.25) is 4.79 Å². The molecule has 0 saturated carbocycles. The molecular weight excluding hydrogens is 154 g/mol. The number of nitrogens with zero attached hydrogens (tertiary/aromatic N) is 2.